The summed E-state index contributed by atoms with van der Waals surface area (Å²) in [7, 11) is 1.42. The first-order valence-electron chi connectivity index (χ1n) is 4.64. The van der Waals surface area contributed by atoms with Crippen LogP contribution in [0.15, 0.2) is 30.3 Å². The van der Waals surface area contributed by atoms with Crippen molar-refractivity contribution in [1.82, 2.24) is 10.0 Å². The van der Waals surface area contributed by atoms with E-state index in [1.807, 2.05) is 37.3 Å². The van der Waals surface area contributed by atoms with Gasteiger partial charge in [-0.3, -0.25) is 9.40 Å². The molecule has 2 aromatic rings. The van der Waals surface area contributed by atoms with Crippen molar-refractivity contribution in [2.45, 2.75) is 6.92 Å². The van der Waals surface area contributed by atoms with Crippen LogP contribution in [0.3, 0.4) is 0 Å². The SMILES string of the molecule is CONC(=O)n1c(C)cc2ccccc21. The topological polar surface area (TPSA) is 43.3 Å². The monoisotopic (exact) mass is 204 g/mol. The van der Waals surface area contributed by atoms with E-state index >= 15 is 0 Å². The molecule has 1 amide bonds. The van der Waals surface area contributed by atoms with Gasteiger partial charge in [-0.05, 0) is 19.1 Å². The smallest absolute Gasteiger partial charge is 0.275 e. The van der Waals surface area contributed by atoms with Gasteiger partial charge in [0.2, 0.25) is 0 Å². The number of fused-ring (bicyclic) bond motifs is 1. The van der Waals surface area contributed by atoms with Gasteiger partial charge in [-0.1, -0.05) is 18.2 Å². The molecule has 0 aliphatic heterocycles. The fourth-order valence-electron chi connectivity index (χ4n) is 1.70. The van der Waals surface area contributed by atoms with E-state index in [1.54, 1.807) is 4.57 Å². The molecule has 0 aliphatic rings. The van der Waals surface area contributed by atoms with Gasteiger partial charge in [-0.2, -0.15) is 0 Å². The van der Waals surface area contributed by atoms with E-state index in [2.05, 4.69) is 10.3 Å². The second-order valence-corrected chi connectivity index (χ2v) is 3.29. The minimum atomic E-state index is -0.281. The molecule has 4 nitrogen and oxygen atoms in total. The number of nitrogens with one attached hydrogen (secondary N) is 1. The molecule has 0 aliphatic carbocycles. The second kappa shape index (κ2) is 3.74. The molecule has 0 saturated carbocycles. The summed E-state index contributed by atoms with van der Waals surface area (Å²) in [5, 5.41) is 1.04. The van der Waals surface area contributed by atoms with Crippen molar-refractivity contribution >= 4 is 16.9 Å². The Bertz CT molecular complexity index is 502. The van der Waals surface area contributed by atoms with Gasteiger partial charge in [-0.25, -0.2) is 10.3 Å². The number of hydrogen-bond acceptors (Lipinski definition) is 2. The summed E-state index contributed by atoms with van der Waals surface area (Å²) in [5.74, 6) is 0. The van der Waals surface area contributed by atoms with Crippen LogP contribution >= 0.6 is 0 Å². The minimum Gasteiger partial charge on any atom is -0.275 e. The Labute approximate surface area is 87.4 Å². The lowest BCUT2D eigenvalue weighted by molar-refractivity contribution is 0.108. The van der Waals surface area contributed by atoms with Gasteiger partial charge in [0, 0.05) is 11.1 Å². The van der Waals surface area contributed by atoms with Gasteiger partial charge in [-0.15, -0.1) is 0 Å². The van der Waals surface area contributed by atoms with Crippen molar-refractivity contribution in [3.8, 4) is 0 Å². The van der Waals surface area contributed by atoms with Crippen LogP contribution in [0.1, 0.15) is 5.69 Å². The molecule has 78 valence electrons. The van der Waals surface area contributed by atoms with Gasteiger partial charge >= 0.3 is 6.03 Å². The largest absolute Gasteiger partial charge is 0.350 e. The van der Waals surface area contributed by atoms with E-state index in [0.717, 1.165) is 16.6 Å². The average Bonchev–Trinajstić information content (AvgIpc) is 2.54. The highest BCUT2D eigenvalue weighted by Crippen LogP contribution is 2.18. The summed E-state index contributed by atoms with van der Waals surface area (Å²) in [6.45, 7) is 1.88. The third-order valence-corrected chi connectivity index (χ3v) is 2.29. The molecule has 0 bridgehead atoms. The molecule has 1 aromatic carbocycles. The zero-order valence-electron chi connectivity index (χ0n) is 8.65. The van der Waals surface area contributed by atoms with Gasteiger partial charge < -0.3 is 0 Å². The molecule has 0 saturated heterocycles. The molecule has 1 N–H and O–H groups in total. The maximum atomic E-state index is 11.7. The summed E-state index contributed by atoms with van der Waals surface area (Å²) < 4.78 is 1.58. The van der Waals surface area contributed by atoms with Crippen LogP contribution in [0.25, 0.3) is 10.9 Å². The molecule has 15 heavy (non-hydrogen) atoms. The summed E-state index contributed by atoms with van der Waals surface area (Å²) in [6.07, 6.45) is 0. The van der Waals surface area contributed by atoms with Crippen molar-refractivity contribution in [1.29, 1.82) is 0 Å². The molecule has 0 atom stereocenters. The van der Waals surface area contributed by atoms with E-state index in [1.165, 1.54) is 7.11 Å². The van der Waals surface area contributed by atoms with Crippen molar-refractivity contribution in [2.75, 3.05) is 7.11 Å². The molecule has 0 unspecified atom stereocenters. The van der Waals surface area contributed by atoms with Crippen molar-refractivity contribution in [2.24, 2.45) is 0 Å². The lowest BCUT2D eigenvalue weighted by Crippen LogP contribution is -2.27. The summed E-state index contributed by atoms with van der Waals surface area (Å²) in [5.41, 5.74) is 4.06. The fraction of sp³-hybridized carbons (Fsp3) is 0.182. The lowest BCUT2D eigenvalue weighted by atomic mass is 10.2. The molecular formula is C11H12N2O2. The zero-order valence-corrected chi connectivity index (χ0v) is 8.65. The predicted octanol–water partition coefficient (Wildman–Crippen LogP) is 2.07. The Morgan fingerprint density at radius 3 is 2.87 bits per heavy atom. The molecule has 1 aromatic heterocycles. The molecule has 0 spiro atoms. The molecule has 2 rings (SSSR count). The van der Waals surface area contributed by atoms with Crippen molar-refractivity contribution in [3.05, 3.63) is 36.0 Å². The van der Waals surface area contributed by atoms with Crippen LogP contribution in [-0.4, -0.2) is 17.7 Å². The van der Waals surface area contributed by atoms with Crippen LogP contribution in [0.2, 0.25) is 0 Å². The number of rotatable bonds is 1. The van der Waals surface area contributed by atoms with E-state index in [-0.39, 0.29) is 6.03 Å². The highest BCUT2D eigenvalue weighted by Gasteiger charge is 2.11. The first-order chi connectivity index (χ1) is 7.24. The van der Waals surface area contributed by atoms with Crippen LogP contribution < -0.4 is 5.48 Å². The molecule has 4 heteroatoms. The Balaban J connectivity index is 2.58. The van der Waals surface area contributed by atoms with Crippen LogP contribution in [0.5, 0.6) is 0 Å². The Morgan fingerprint density at radius 2 is 2.13 bits per heavy atom. The summed E-state index contributed by atoms with van der Waals surface area (Å²) >= 11 is 0. The van der Waals surface area contributed by atoms with Crippen LogP contribution in [0.4, 0.5) is 4.79 Å². The number of amides is 1. The maximum absolute atomic E-state index is 11.7. The average molecular weight is 204 g/mol. The number of para-hydroxylation sites is 1. The number of hydroxylamine groups is 1. The molecule has 0 fully saturated rings. The third-order valence-electron chi connectivity index (χ3n) is 2.29. The molecule has 0 radical (unpaired) electrons. The van der Waals surface area contributed by atoms with Gasteiger partial charge in [0.1, 0.15) is 0 Å². The summed E-state index contributed by atoms with van der Waals surface area (Å²) in [6, 6.07) is 9.40. The van der Waals surface area contributed by atoms with Crippen molar-refractivity contribution in [3.63, 3.8) is 0 Å². The Kier molecular flexibility index (Phi) is 2.43. The van der Waals surface area contributed by atoms with Crippen molar-refractivity contribution < 1.29 is 9.63 Å². The lowest BCUT2D eigenvalue weighted by Gasteiger charge is -2.06. The zero-order chi connectivity index (χ0) is 10.8. The van der Waals surface area contributed by atoms with E-state index < -0.39 is 0 Å². The van der Waals surface area contributed by atoms with E-state index in [0.29, 0.717) is 0 Å². The number of aryl methyl sites for hydroxylation is 1. The van der Waals surface area contributed by atoms with E-state index in [4.69, 9.17) is 0 Å². The minimum absolute atomic E-state index is 0.281. The number of aromatic nitrogens is 1. The number of carbonyl (C=O) groups excluding carboxylic acids is 1. The van der Waals surface area contributed by atoms with Crippen LogP contribution in [-0.2, 0) is 4.84 Å². The Hall–Kier alpha value is -1.81. The highest BCUT2D eigenvalue weighted by molar-refractivity contribution is 5.92. The second-order valence-electron chi connectivity index (χ2n) is 3.29. The summed E-state index contributed by atoms with van der Waals surface area (Å²) in [4.78, 5) is 16.3. The van der Waals surface area contributed by atoms with E-state index in [9.17, 15) is 4.79 Å². The number of nitrogens with zero attached hydrogens (tertiary/aromatic N) is 1. The third kappa shape index (κ3) is 1.59. The first-order valence-corrected chi connectivity index (χ1v) is 4.64. The van der Waals surface area contributed by atoms with Gasteiger partial charge in [0.25, 0.3) is 0 Å². The number of benzene rings is 1. The first kappa shape index (κ1) is 9.73. The Morgan fingerprint density at radius 1 is 1.40 bits per heavy atom. The maximum Gasteiger partial charge on any atom is 0.350 e. The quantitative estimate of drug-likeness (QED) is 0.722. The van der Waals surface area contributed by atoms with Crippen LogP contribution in [0, 0.1) is 6.92 Å². The standard InChI is InChI=1S/C11H12N2O2/c1-8-7-9-5-3-4-6-10(9)13(8)11(14)12-15-2/h3-7H,1-2H3,(H,12,14). The number of hydrogen-bond donors (Lipinski definition) is 1. The normalized spacial score (nSPS) is 10.5. The van der Waals surface area contributed by atoms with Gasteiger partial charge in [0.15, 0.2) is 0 Å². The number of carbonyl (C=O) groups is 1. The highest BCUT2D eigenvalue weighted by atomic mass is 16.6. The van der Waals surface area contributed by atoms with Gasteiger partial charge in [0.05, 0.1) is 12.6 Å². The fourth-order valence-corrected chi connectivity index (χ4v) is 1.70. The predicted molar refractivity (Wildman–Crippen MR) is 57.6 cm³/mol. The molecule has 1 heterocycles. The molecular weight excluding hydrogens is 192 g/mol.